The van der Waals surface area contributed by atoms with Gasteiger partial charge in [0, 0.05) is 17.3 Å². The first-order chi connectivity index (χ1) is 13.6. The number of hydrogen-bond donors (Lipinski definition) is 3. The molecule has 2 aromatic rings. The zero-order valence-corrected chi connectivity index (χ0v) is 15.0. The van der Waals surface area contributed by atoms with Gasteiger partial charge in [0.1, 0.15) is 5.54 Å². The van der Waals surface area contributed by atoms with Crippen LogP contribution in [0.2, 0.25) is 0 Å². The molecule has 0 bridgehead atoms. The summed E-state index contributed by atoms with van der Waals surface area (Å²) in [5.41, 5.74) is 0.767. The highest BCUT2D eigenvalue weighted by molar-refractivity contribution is 6.15. The standard InChI is InChI=1S/C21H19N3O4/c25-11-15-16-17(19(27)24(18(16)26)10-12-6-2-1-3-7-12)21(23-15)13-8-4-5-9-14(13)22-20(21)28/h1-9,15-17,23,25H,10-11H2,(H,22,28)/t15-,16+,17-,21+/m1/s1. The predicted octanol–water partition coefficient (Wildman–Crippen LogP) is 0.600. The molecule has 0 unspecified atom stereocenters. The Balaban J connectivity index is 1.60. The molecule has 3 heterocycles. The summed E-state index contributed by atoms with van der Waals surface area (Å²) in [6, 6.07) is 15.8. The third-order valence-electron chi connectivity index (χ3n) is 6.09. The summed E-state index contributed by atoms with van der Waals surface area (Å²) in [5.74, 6) is -2.75. The fraction of sp³-hybridized carbons (Fsp3) is 0.286. The van der Waals surface area contributed by atoms with Crippen molar-refractivity contribution in [2.45, 2.75) is 18.1 Å². The van der Waals surface area contributed by atoms with Crippen molar-refractivity contribution >= 4 is 23.4 Å². The van der Waals surface area contributed by atoms with Gasteiger partial charge in [0.05, 0.1) is 25.0 Å². The van der Waals surface area contributed by atoms with Gasteiger partial charge in [-0.15, -0.1) is 0 Å². The zero-order chi connectivity index (χ0) is 19.5. The topological polar surface area (TPSA) is 98.7 Å². The summed E-state index contributed by atoms with van der Waals surface area (Å²) in [6.07, 6.45) is 0. The summed E-state index contributed by atoms with van der Waals surface area (Å²) in [4.78, 5) is 40.8. The van der Waals surface area contributed by atoms with E-state index in [1.807, 2.05) is 30.3 Å². The molecule has 2 aromatic carbocycles. The van der Waals surface area contributed by atoms with Crippen LogP contribution in [0.3, 0.4) is 0 Å². The van der Waals surface area contributed by atoms with Crippen molar-refractivity contribution in [1.29, 1.82) is 0 Å². The molecule has 4 atom stereocenters. The van der Waals surface area contributed by atoms with Gasteiger partial charge in [0.2, 0.25) is 17.7 Å². The molecular weight excluding hydrogens is 358 g/mol. The molecule has 3 aliphatic rings. The van der Waals surface area contributed by atoms with Crippen molar-refractivity contribution in [2.24, 2.45) is 11.8 Å². The van der Waals surface area contributed by atoms with E-state index >= 15 is 0 Å². The minimum atomic E-state index is -1.34. The average Bonchev–Trinajstić information content (AvgIpc) is 3.29. The lowest BCUT2D eigenvalue weighted by molar-refractivity contribution is -0.143. The predicted molar refractivity (Wildman–Crippen MR) is 99.7 cm³/mol. The van der Waals surface area contributed by atoms with Crippen LogP contribution in [-0.4, -0.2) is 40.4 Å². The summed E-state index contributed by atoms with van der Waals surface area (Å²) in [5, 5.41) is 15.9. The van der Waals surface area contributed by atoms with Crippen molar-refractivity contribution in [1.82, 2.24) is 10.2 Å². The fourth-order valence-corrected chi connectivity index (χ4v) is 4.90. The summed E-state index contributed by atoms with van der Waals surface area (Å²) < 4.78 is 0. The van der Waals surface area contributed by atoms with Crippen LogP contribution in [0, 0.1) is 11.8 Å². The van der Waals surface area contributed by atoms with Crippen molar-refractivity contribution < 1.29 is 19.5 Å². The molecule has 0 radical (unpaired) electrons. The van der Waals surface area contributed by atoms with Gasteiger partial charge in [0.15, 0.2) is 0 Å². The summed E-state index contributed by atoms with van der Waals surface area (Å²) in [6.45, 7) is -0.181. The van der Waals surface area contributed by atoms with Gasteiger partial charge in [-0.3, -0.25) is 24.6 Å². The fourth-order valence-electron chi connectivity index (χ4n) is 4.90. The molecular formula is C21H19N3O4. The molecule has 0 saturated carbocycles. The molecule has 142 valence electrons. The Morgan fingerprint density at radius 2 is 1.68 bits per heavy atom. The zero-order valence-electron chi connectivity index (χ0n) is 15.0. The van der Waals surface area contributed by atoms with E-state index in [2.05, 4.69) is 10.6 Å². The van der Waals surface area contributed by atoms with Gasteiger partial charge in [0.25, 0.3) is 0 Å². The van der Waals surface area contributed by atoms with Crippen LogP contribution in [0.5, 0.6) is 0 Å². The van der Waals surface area contributed by atoms with Crippen LogP contribution in [0.1, 0.15) is 11.1 Å². The van der Waals surface area contributed by atoms with Crippen molar-refractivity contribution in [3.8, 4) is 0 Å². The second kappa shape index (κ2) is 5.98. The number of aliphatic hydroxyl groups is 1. The van der Waals surface area contributed by atoms with Gasteiger partial charge in [-0.2, -0.15) is 0 Å². The molecule has 5 rings (SSSR count). The second-order valence-corrected chi connectivity index (χ2v) is 7.49. The average molecular weight is 377 g/mol. The second-order valence-electron chi connectivity index (χ2n) is 7.49. The van der Waals surface area contributed by atoms with Crippen LogP contribution < -0.4 is 10.6 Å². The summed E-state index contributed by atoms with van der Waals surface area (Å²) in [7, 11) is 0. The van der Waals surface area contributed by atoms with Crippen LogP contribution in [0.25, 0.3) is 0 Å². The molecule has 1 spiro atoms. The van der Waals surface area contributed by atoms with E-state index in [-0.39, 0.29) is 30.9 Å². The number of carbonyl (C=O) groups is 3. The number of anilines is 1. The summed E-state index contributed by atoms with van der Waals surface area (Å²) >= 11 is 0. The molecule has 7 heteroatoms. The molecule has 2 saturated heterocycles. The van der Waals surface area contributed by atoms with E-state index < -0.39 is 23.4 Å². The first kappa shape index (κ1) is 17.1. The Morgan fingerprint density at radius 1 is 0.964 bits per heavy atom. The Bertz CT molecular complexity index is 992. The molecule has 7 nitrogen and oxygen atoms in total. The number of likely N-dealkylation sites (tertiary alicyclic amines) is 1. The molecule has 0 aliphatic carbocycles. The molecule has 3 amide bonds. The number of carbonyl (C=O) groups excluding carboxylic acids is 3. The normalized spacial score (nSPS) is 30.7. The number of fused-ring (bicyclic) bond motifs is 4. The van der Waals surface area contributed by atoms with Crippen LogP contribution >= 0.6 is 0 Å². The lowest BCUT2D eigenvalue weighted by Gasteiger charge is -2.29. The molecule has 3 aliphatic heterocycles. The maximum absolute atomic E-state index is 13.4. The number of aliphatic hydroxyl groups excluding tert-OH is 1. The third-order valence-corrected chi connectivity index (χ3v) is 6.09. The van der Waals surface area contributed by atoms with Gasteiger partial charge in [-0.25, -0.2) is 0 Å². The lowest BCUT2D eigenvalue weighted by atomic mass is 9.76. The number of hydrogen-bond acceptors (Lipinski definition) is 5. The molecule has 28 heavy (non-hydrogen) atoms. The van der Waals surface area contributed by atoms with Gasteiger partial charge in [-0.1, -0.05) is 48.5 Å². The van der Waals surface area contributed by atoms with Crippen LogP contribution in [0.4, 0.5) is 5.69 Å². The highest BCUT2D eigenvalue weighted by Gasteiger charge is 2.70. The van der Waals surface area contributed by atoms with E-state index in [9.17, 15) is 19.5 Å². The van der Waals surface area contributed by atoms with E-state index in [1.54, 1.807) is 24.3 Å². The number of rotatable bonds is 3. The van der Waals surface area contributed by atoms with E-state index in [0.717, 1.165) is 5.56 Å². The van der Waals surface area contributed by atoms with Crippen LogP contribution in [0.15, 0.2) is 54.6 Å². The van der Waals surface area contributed by atoms with Gasteiger partial charge in [-0.05, 0) is 11.6 Å². The molecule has 0 aromatic heterocycles. The molecule has 2 fully saturated rings. The smallest absolute Gasteiger partial charge is 0.250 e. The quantitative estimate of drug-likeness (QED) is 0.681. The minimum Gasteiger partial charge on any atom is -0.395 e. The first-order valence-electron chi connectivity index (χ1n) is 9.26. The first-order valence-corrected chi connectivity index (χ1v) is 9.26. The Morgan fingerprint density at radius 3 is 2.43 bits per heavy atom. The van der Waals surface area contributed by atoms with Crippen molar-refractivity contribution in [3.05, 3.63) is 65.7 Å². The Labute approximate surface area is 161 Å². The Hall–Kier alpha value is -3.03. The van der Waals surface area contributed by atoms with Crippen molar-refractivity contribution in [3.63, 3.8) is 0 Å². The minimum absolute atomic E-state index is 0.156. The number of imide groups is 1. The number of amides is 3. The van der Waals surface area contributed by atoms with E-state index in [4.69, 9.17) is 0 Å². The van der Waals surface area contributed by atoms with Gasteiger partial charge < -0.3 is 10.4 Å². The number of nitrogens with one attached hydrogen (secondary N) is 2. The maximum Gasteiger partial charge on any atom is 0.250 e. The maximum atomic E-state index is 13.4. The molecule has 3 N–H and O–H groups in total. The highest BCUT2D eigenvalue weighted by atomic mass is 16.3. The third kappa shape index (κ3) is 2.08. The monoisotopic (exact) mass is 377 g/mol. The largest absolute Gasteiger partial charge is 0.395 e. The highest BCUT2D eigenvalue weighted by Crippen LogP contribution is 2.52. The van der Waals surface area contributed by atoms with E-state index in [0.29, 0.717) is 11.3 Å². The SMILES string of the molecule is O=C1[C@H]2[C@@H](CO)N[C@]3(C(=O)Nc4ccccc43)[C@H]2C(=O)N1Cc1ccccc1. The van der Waals surface area contributed by atoms with E-state index in [1.165, 1.54) is 4.90 Å². The lowest BCUT2D eigenvalue weighted by Crippen LogP contribution is -2.53. The number of para-hydroxylation sites is 1. The Kier molecular flexibility index (Phi) is 3.65. The van der Waals surface area contributed by atoms with Crippen LogP contribution in [-0.2, 0) is 26.5 Å². The van der Waals surface area contributed by atoms with Crippen molar-refractivity contribution in [2.75, 3.05) is 11.9 Å². The number of nitrogens with zero attached hydrogens (tertiary/aromatic N) is 1. The van der Waals surface area contributed by atoms with Gasteiger partial charge >= 0.3 is 0 Å². The number of benzene rings is 2.